The van der Waals surface area contributed by atoms with Crippen LogP contribution in [0, 0.1) is 5.92 Å². The first-order chi connectivity index (χ1) is 12.7. The molecule has 6 heteroatoms. The molecule has 2 unspecified atom stereocenters. The standard InChI is InChI=1S/C20H32N4OS/c1-15(18-9-6-12-26-18)13-22-20(21-2)23-17-10-11-24(14-17)19(25)16-7-4-3-5-8-16/h6,9,12,15-17H,3-5,7-8,10-11,13-14H2,1-2H3,(H2,21,22,23). The number of guanidine groups is 1. The molecule has 5 nitrogen and oxygen atoms in total. The quantitative estimate of drug-likeness (QED) is 0.613. The molecule has 1 saturated carbocycles. The first-order valence-electron chi connectivity index (χ1n) is 9.96. The Morgan fingerprint density at radius 1 is 1.35 bits per heavy atom. The van der Waals surface area contributed by atoms with E-state index in [4.69, 9.17) is 0 Å². The molecule has 0 spiro atoms. The third-order valence-electron chi connectivity index (χ3n) is 5.62. The van der Waals surface area contributed by atoms with Crippen LogP contribution in [0.4, 0.5) is 0 Å². The van der Waals surface area contributed by atoms with Crippen LogP contribution in [0.15, 0.2) is 22.5 Å². The topological polar surface area (TPSA) is 56.7 Å². The fraction of sp³-hybridized carbons (Fsp3) is 0.700. The van der Waals surface area contributed by atoms with Crippen LogP contribution in [0.3, 0.4) is 0 Å². The molecule has 2 fully saturated rings. The summed E-state index contributed by atoms with van der Waals surface area (Å²) in [7, 11) is 1.81. The van der Waals surface area contributed by atoms with Gasteiger partial charge in [-0.25, -0.2) is 0 Å². The summed E-state index contributed by atoms with van der Waals surface area (Å²) in [6.45, 7) is 4.76. The maximum atomic E-state index is 12.7. The van der Waals surface area contributed by atoms with E-state index in [-0.39, 0.29) is 5.92 Å². The van der Waals surface area contributed by atoms with E-state index in [2.05, 4.69) is 45.0 Å². The second-order valence-electron chi connectivity index (χ2n) is 7.62. The van der Waals surface area contributed by atoms with E-state index in [0.29, 0.717) is 17.9 Å². The van der Waals surface area contributed by atoms with Crippen LogP contribution in [0.5, 0.6) is 0 Å². The molecule has 2 atom stereocenters. The van der Waals surface area contributed by atoms with Crippen LogP contribution < -0.4 is 10.6 Å². The lowest BCUT2D eigenvalue weighted by molar-refractivity contribution is -0.135. The average molecular weight is 377 g/mol. The van der Waals surface area contributed by atoms with Crippen molar-refractivity contribution in [1.82, 2.24) is 15.5 Å². The zero-order valence-corrected chi connectivity index (χ0v) is 16.9. The van der Waals surface area contributed by atoms with Crippen molar-refractivity contribution in [3.05, 3.63) is 22.4 Å². The SMILES string of the molecule is CN=C(NCC(C)c1cccs1)NC1CCN(C(=O)C2CCCCC2)C1. The summed E-state index contributed by atoms with van der Waals surface area (Å²) >= 11 is 1.80. The van der Waals surface area contributed by atoms with Crippen molar-refractivity contribution >= 4 is 23.2 Å². The average Bonchev–Trinajstić information content (AvgIpc) is 3.37. The fourth-order valence-electron chi connectivity index (χ4n) is 4.00. The largest absolute Gasteiger partial charge is 0.356 e. The Morgan fingerprint density at radius 2 is 2.15 bits per heavy atom. The molecule has 2 heterocycles. The van der Waals surface area contributed by atoms with Gasteiger partial charge in [-0.15, -0.1) is 11.3 Å². The van der Waals surface area contributed by atoms with Crippen molar-refractivity contribution in [3.63, 3.8) is 0 Å². The number of amides is 1. The van der Waals surface area contributed by atoms with Gasteiger partial charge in [-0.2, -0.15) is 0 Å². The van der Waals surface area contributed by atoms with Crippen LogP contribution in [0.1, 0.15) is 56.2 Å². The van der Waals surface area contributed by atoms with Crippen molar-refractivity contribution in [1.29, 1.82) is 0 Å². The molecule has 1 aliphatic carbocycles. The van der Waals surface area contributed by atoms with Crippen LogP contribution in [-0.2, 0) is 4.79 Å². The van der Waals surface area contributed by atoms with Gasteiger partial charge in [0.25, 0.3) is 0 Å². The van der Waals surface area contributed by atoms with E-state index in [1.165, 1.54) is 24.1 Å². The van der Waals surface area contributed by atoms with E-state index in [0.717, 1.165) is 44.9 Å². The van der Waals surface area contributed by atoms with Gasteiger partial charge in [-0.1, -0.05) is 32.3 Å². The Bertz CT molecular complexity index is 595. The molecule has 144 valence electrons. The number of rotatable bonds is 5. The lowest BCUT2D eigenvalue weighted by Crippen LogP contribution is -2.46. The van der Waals surface area contributed by atoms with Gasteiger partial charge in [0.05, 0.1) is 0 Å². The molecule has 3 rings (SSSR count). The van der Waals surface area contributed by atoms with Crippen molar-refractivity contribution in [3.8, 4) is 0 Å². The molecule has 1 saturated heterocycles. The highest BCUT2D eigenvalue weighted by Gasteiger charge is 2.31. The number of aliphatic imine (C=N–C) groups is 1. The molecule has 1 aromatic rings. The lowest BCUT2D eigenvalue weighted by Gasteiger charge is -2.26. The van der Waals surface area contributed by atoms with Gasteiger partial charge in [-0.05, 0) is 30.7 Å². The molecule has 1 aliphatic heterocycles. The Labute approximate surface area is 161 Å². The highest BCUT2D eigenvalue weighted by atomic mass is 32.1. The van der Waals surface area contributed by atoms with Gasteiger partial charge in [0.1, 0.15) is 0 Å². The number of nitrogens with one attached hydrogen (secondary N) is 2. The molecule has 26 heavy (non-hydrogen) atoms. The van der Waals surface area contributed by atoms with Crippen LogP contribution >= 0.6 is 11.3 Å². The number of hydrogen-bond donors (Lipinski definition) is 2. The maximum absolute atomic E-state index is 12.7. The maximum Gasteiger partial charge on any atom is 0.225 e. The second-order valence-corrected chi connectivity index (χ2v) is 8.60. The van der Waals surface area contributed by atoms with Gasteiger partial charge in [-0.3, -0.25) is 9.79 Å². The molecule has 0 radical (unpaired) electrons. The number of nitrogens with zero attached hydrogens (tertiary/aromatic N) is 2. The Kier molecular flexibility index (Phi) is 6.94. The molecule has 1 aromatic heterocycles. The molecule has 2 aliphatic rings. The van der Waals surface area contributed by atoms with E-state index in [1.54, 1.807) is 11.3 Å². The number of carbonyl (C=O) groups excluding carboxylic acids is 1. The predicted octanol–water partition coefficient (Wildman–Crippen LogP) is 3.20. The summed E-state index contributed by atoms with van der Waals surface area (Å²) < 4.78 is 0. The van der Waals surface area contributed by atoms with Gasteiger partial charge in [0.2, 0.25) is 5.91 Å². The highest BCUT2D eigenvalue weighted by Crippen LogP contribution is 2.26. The molecule has 0 bridgehead atoms. The fourth-order valence-corrected chi connectivity index (χ4v) is 4.78. The summed E-state index contributed by atoms with van der Waals surface area (Å²) in [6, 6.07) is 4.57. The summed E-state index contributed by atoms with van der Waals surface area (Å²) in [6.07, 6.45) is 6.88. The van der Waals surface area contributed by atoms with Crippen molar-refractivity contribution in [2.45, 2.75) is 57.4 Å². The monoisotopic (exact) mass is 376 g/mol. The summed E-state index contributed by atoms with van der Waals surface area (Å²) in [5, 5.41) is 9.06. The third-order valence-corrected chi connectivity index (χ3v) is 6.73. The van der Waals surface area contributed by atoms with E-state index >= 15 is 0 Å². The molecule has 2 N–H and O–H groups in total. The summed E-state index contributed by atoms with van der Waals surface area (Å²) in [5.41, 5.74) is 0. The predicted molar refractivity (Wildman–Crippen MR) is 109 cm³/mol. The minimum atomic E-state index is 0.270. The first kappa shape index (κ1) is 19.2. The second kappa shape index (κ2) is 9.40. The molecule has 0 aromatic carbocycles. The first-order valence-corrected chi connectivity index (χ1v) is 10.8. The van der Waals surface area contributed by atoms with Crippen LogP contribution in [-0.4, -0.2) is 49.5 Å². The zero-order chi connectivity index (χ0) is 18.4. The zero-order valence-electron chi connectivity index (χ0n) is 16.0. The van der Waals surface area contributed by atoms with Crippen molar-refractivity contribution in [2.75, 3.05) is 26.7 Å². The minimum Gasteiger partial charge on any atom is -0.356 e. The van der Waals surface area contributed by atoms with Crippen molar-refractivity contribution < 1.29 is 4.79 Å². The van der Waals surface area contributed by atoms with Gasteiger partial charge in [0, 0.05) is 49.4 Å². The number of thiophene rings is 1. The number of carbonyl (C=O) groups is 1. The summed E-state index contributed by atoms with van der Waals surface area (Å²) in [4.78, 5) is 20.5. The molecular formula is C20H32N4OS. The Hall–Kier alpha value is -1.56. The van der Waals surface area contributed by atoms with Crippen LogP contribution in [0.2, 0.25) is 0 Å². The van der Waals surface area contributed by atoms with Crippen LogP contribution in [0.25, 0.3) is 0 Å². The normalized spacial score (nSPS) is 23.1. The van der Waals surface area contributed by atoms with E-state index in [1.807, 2.05) is 7.05 Å². The lowest BCUT2D eigenvalue weighted by atomic mass is 9.88. The van der Waals surface area contributed by atoms with Gasteiger partial charge < -0.3 is 15.5 Å². The summed E-state index contributed by atoms with van der Waals surface area (Å²) in [5.74, 6) is 1.95. The van der Waals surface area contributed by atoms with Gasteiger partial charge in [0.15, 0.2) is 5.96 Å². The molecule has 1 amide bonds. The smallest absolute Gasteiger partial charge is 0.225 e. The van der Waals surface area contributed by atoms with Crippen molar-refractivity contribution in [2.24, 2.45) is 10.9 Å². The van der Waals surface area contributed by atoms with Gasteiger partial charge >= 0.3 is 0 Å². The highest BCUT2D eigenvalue weighted by molar-refractivity contribution is 7.10. The molecular weight excluding hydrogens is 344 g/mol. The van der Waals surface area contributed by atoms with E-state index < -0.39 is 0 Å². The minimum absolute atomic E-state index is 0.270. The Balaban J connectivity index is 1.43. The van der Waals surface area contributed by atoms with E-state index in [9.17, 15) is 4.79 Å². The third kappa shape index (κ3) is 5.00. The number of likely N-dealkylation sites (tertiary alicyclic amines) is 1. The number of hydrogen-bond acceptors (Lipinski definition) is 3. The Morgan fingerprint density at radius 3 is 2.85 bits per heavy atom.